The zero-order valence-electron chi connectivity index (χ0n) is 29.8. The lowest BCUT2D eigenvalue weighted by Gasteiger charge is -2.13. The predicted molar refractivity (Wildman–Crippen MR) is 225 cm³/mol. The van der Waals surface area contributed by atoms with E-state index in [2.05, 4.69) is 164 Å². The molecule has 55 heavy (non-hydrogen) atoms. The number of fused-ring (bicyclic) bond motifs is 3. The largest absolute Gasteiger partial charge is 0.456 e. The van der Waals surface area contributed by atoms with Gasteiger partial charge in [0.1, 0.15) is 11.2 Å². The molecule has 0 N–H and O–H groups in total. The molecule has 258 valence electrons. The summed E-state index contributed by atoms with van der Waals surface area (Å²) in [4.78, 5) is 15.6. The molecule has 10 aromatic rings. The van der Waals surface area contributed by atoms with Crippen LogP contribution in [0.2, 0.25) is 0 Å². The van der Waals surface area contributed by atoms with E-state index in [0.717, 1.165) is 83.1 Å². The highest BCUT2D eigenvalue weighted by molar-refractivity contribution is 6.12. The molecule has 4 heteroatoms. The molecule has 0 aliphatic heterocycles. The third-order valence-corrected chi connectivity index (χ3v) is 10.1. The first-order valence-corrected chi connectivity index (χ1v) is 18.4. The maximum atomic E-state index is 6.32. The van der Waals surface area contributed by atoms with E-state index in [-0.39, 0.29) is 0 Å². The number of rotatable bonds is 7. The average Bonchev–Trinajstić information content (AvgIpc) is 3.66. The number of hydrogen-bond acceptors (Lipinski definition) is 4. The fourth-order valence-corrected chi connectivity index (χ4v) is 7.40. The molecule has 0 bridgehead atoms. The smallest absolute Gasteiger partial charge is 0.164 e. The molecule has 0 amide bonds. The van der Waals surface area contributed by atoms with E-state index in [4.69, 9.17) is 19.4 Å². The third-order valence-electron chi connectivity index (χ3n) is 10.1. The molecule has 0 atom stereocenters. The second-order valence-corrected chi connectivity index (χ2v) is 13.6. The Hall–Kier alpha value is -7.43. The van der Waals surface area contributed by atoms with Crippen LogP contribution in [0.5, 0.6) is 0 Å². The van der Waals surface area contributed by atoms with E-state index >= 15 is 0 Å². The van der Waals surface area contributed by atoms with Crippen molar-refractivity contribution in [3.63, 3.8) is 0 Å². The SMILES string of the molecule is c1ccc(-c2ccc(-c3nc(-c4cccc(-c5ccccc5)c4)nc(-c4cc(-c5ccccc5)cc(-c5cccc6oc7ccccc7c56)c4)n3)cc2)cc1. The lowest BCUT2D eigenvalue weighted by molar-refractivity contribution is 0.669. The van der Waals surface area contributed by atoms with E-state index in [1.165, 1.54) is 0 Å². The summed E-state index contributed by atoms with van der Waals surface area (Å²) in [5, 5.41) is 2.17. The second kappa shape index (κ2) is 13.8. The molecule has 4 nitrogen and oxygen atoms in total. The first kappa shape index (κ1) is 32.2. The lowest BCUT2D eigenvalue weighted by atomic mass is 9.93. The van der Waals surface area contributed by atoms with Gasteiger partial charge in [-0.2, -0.15) is 0 Å². The monoisotopic (exact) mass is 703 g/mol. The van der Waals surface area contributed by atoms with Gasteiger partial charge in [-0.05, 0) is 80.9 Å². The van der Waals surface area contributed by atoms with Gasteiger partial charge < -0.3 is 4.42 Å². The standard InChI is InChI=1S/C51H33N3O/c1-4-14-34(15-5-1)37-26-28-38(29-27-37)49-52-50(40-21-12-20-39(30-40)35-16-6-2-7-17-35)54-51(53-49)43-32-41(36-18-8-3-9-19-36)31-42(33-43)44-23-13-25-47-48(44)45-22-10-11-24-46(45)55-47/h1-33H. The molecule has 10 rings (SSSR count). The van der Waals surface area contributed by atoms with Gasteiger partial charge in [0, 0.05) is 27.5 Å². The van der Waals surface area contributed by atoms with Crippen LogP contribution in [0.15, 0.2) is 205 Å². The number of aromatic nitrogens is 3. The quantitative estimate of drug-likeness (QED) is 0.166. The normalized spacial score (nSPS) is 11.3. The number of benzene rings is 8. The third kappa shape index (κ3) is 6.26. The zero-order chi connectivity index (χ0) is 36.6. The van der Waals surface area contributed by atoms with Crippen molar-refractivity contribution in [3.05, 3.63) is 200 Å². The van der Waals surface area contributed by atoms with Crippen molar-refractivity contribution >= 4 is 21.9 Å². The molecule has 0 radical (unpaired) electrons. The Labute approximate surface area is 319 Å². The van der Waals surface area contributed by atoms with Gasteiger partial charge in [0.2, 0.25) is 0 Å². The Morgan fingerprint density at radius 3 is 1.42 bits per heavy atom. The van der Waals surface area contributed by atoms with Crippen LogP contribution in [0.25, 0.3) is 101 Å². The maximum absolute atomic E-state index is 6.32. The van der Waals surface area contributed by atoms with Crippen LogP contribution in [0.3, 0.4) is 0 Å². The van der Waals surface area contributed by atoms with Crippen LogP contribution in [-0.4, -0.2) is 15.0 Å². The lowest BCUT2D eigenvalue weighted by Crippen LogP contribution is -2.01. The molecule has 8 aromatic carbocycles. The first-order chi connectivity index (χ1) is 27.2. The Balaban J connectivity index is 1.18. The number of nitrogens with zero attached hydrogens (tertiary/aromatic N) is 3. The van der Waals surface area contributed by atoms with Crippen molar-refractivity contribution < 1.29 is 4.42 Å². The van der Waals surface area contributed by atoms with Crippen LogP contribution in [0, 0.1) is 0 Å². The fourth-order valence-electron chi connectivity index (χ4n) is 7.40. The van der Waals surface area contributed by atoms with Crippen molar-refractivity contribution in [3.8, 4) is 78.7 Å². The minimum absolute atomic E-state index is 0.598. The van der Waals surface area contributed by atoms with Crippen LogP contribution >= 0.6 is 0 Å². The summed E-state index contributed by atoms with van der Waals surface area (Å²) in [5.74, 6) is 1.82. The highest BCUT2D eigenvalue weighted by Crippen LogP contribution is 2.40. The van der Waals surface area contributed by atoms with Gasteiger partial charge >= 0.3 is 0 Å². The van der Waals surface area contributed by atoms with Crippen LogP contribution in [-0.2, 0) is 0 Å². The van der Waals surface area contributed by atoms with Gasteiger partial charge in [-0.25, -0.2) is 15.0 Å². The van der Waals surface area contributed by atoms with Crippen molar-refractivity contribution in [2.75, 3.05) is 0 Å². The Morgan fingerprint density at radius 2 is 0.709 bits per heavy atom. The molecule has 2 aromatic heterocycles. The van der Waals surface area contributed by atoms with Gasteiger partial charge in [-0.3, -0.25) is 0 Å². The summed E-state index contributed by atoms with van der Waals surface area (Å²) in [5.41, 5.74) is 13.3. The van der Waals surface area contributed by atoms with Crippen LogP contribution in [0.1, 0.15) is 0 Å². The van der Waals surface area contributed by atoms with Gasteiger partial charge in [0.25, 0.3) is 0 Å². The predicted octanol–water partition coefficient (Wildman–Crippen LogP) is 13.4. The summed E-state index contributed by atoms with van der Waals surface area (Å²) < 4.78 is 6.32. The van der Waals surface area contributed by atoms with Crippen molar-refractivity contribution in [2.45, 2.75) is 0 Å². The zero-order valence-corrected chi connectivity index (χ0v) is 29.8. The molecule has 2 heterocycles. The minimum atomic E-state index is 0.598. The molecule has 0 aliphatic rings. The molecule has 0 saturated heterocycles. The van der Waals surface area contributed by atoms with Crippen LogP contribution in [0.4, 0.5) is 0 Å². The van der Waals surface area contributed by atoms with Gasteiger partial charge in [-0.15, -0.1) is 0 Å². The number of hydrogen-bond donors (Lipinski definition) is 0. The van der Waals surface area contributed by atoms with Crippen molar-refractivity contribution in [1.82, 2.24) is 15.0 Å². The van der Waals surface area contributed by atoms with Gasteiger partial charge in [0.15, 0.2) is 17.5 Å². The van der Waals surface area contributed by atoms with E-state index in [9.17, 15) is 0 Å². The fraction of sp³-hybridized carbons (Fsp3) is 0. The molecule has 0 saturated carbocycles. The Bertz CT molecular complexity index is 2950. The number of para-hydroxylation sites is 1. The van der Waals surface area contributed by atoms with E-state index < -0.39 is 0 Å². The Kier molecular flexibility index (Phi) is 8.12. The van der Waals surface area contributed by atoms with Gasteiger partial charge in [-0.1, -0.05) is 164 Å². The molecular weight excluding hydrogens is 671 g/mol. The summed E-state index contributed by atoms with van der Waals surface area (Å²) >= 11 is 0. The molecule has 0 aliphatic carbocycles. The topological polar surface area (TPSA) is 51.8 Å². The van der Waals surface area contributed by atoms with Crippen molar-refractivity contribution in [1.29, 1.82) is 0 Å². The molecule has 0 unspecified atom stereocenters. The molecule has 0 fully saturated rings. The molecular formula is C51H33N3O. The minimum Gasteiger partial charge on any atom is -0.456 e. The molecule has 0 spiro atoms. The van der Waals surface area contributed by atoms with E-state index in [0.29, 0.717) is 17.5 Å². The van der Waals surface area contributed by atoms with Crippen LogP contribution < -0.4 is 0 Å². The van der Waals surface area contributed by atoms with E-state index in [1.54, 1.807) is 0 Å². The number of furan rings is 1. The average molecular weight is 704 g/mol. The highest BCUT2D eigenvalue weighted by Gasteiger charge is 2.18. The highest BCUT2D eigenvalue weighted by atomic mass is 16.3. The van der Waals surface area contributed by atoms with Gasteiger partial charge in [0.05, 0.1) is 0 Å². The summed E-state index contributed by atoms with van der Waals surface area (Å²) in [6, 6.07) is 69.3. The first-order valence-electron chi connectivity index (χ1n) is 18.4. The summed E-state index contributed by atoms with van der Waals surface area (Å²) in [6.07, 6.45) is 0. The summed E-state index contributed by atoms with van der Waals surface area (Å²) in [6.45, 7) is 0. The Morgan fingerprint density at radius 1 is 0.273 bits per heavy atom. The summed E-state index contributed by atoms with van der Waals surface area (Å²) in [7, 11) is 0. The van der Waals surface area contributed by atoms with Crippen molar-refractivity contribution in [2.24, 2.45) is 0 Å². The maximum Gasteiger partial charge on any atom is 0.164 e. The van der Waals surface area contributed by atoms with E-state index in [1.807, 2.05) is 36.4 Å². The second-order valence-electron chi connectivity index (χ2n) is 13.6.